The predicted molar refractivity (Wildman–Crippen MR) is 135 cm³/mol. The van der Waals surface area contributed by atoms with Crippen LogP contribution in [0.5, 0.6) is 5.75 Å². The molecule has 1 saturated heterocycles. The Morgan fingerprint density at radius 2 is 1.56 bits per heavy atom. The summed E-state index contributed by atoms with van der Waals surface area (Å²) < 4.78 is 22.5. The van der Waals surface area contributed by atoms with Crippen molar-refractivity contribution < 1.29 is 28.5 Å². The summed E-state index contributed by atoms with van der Waals surface area (Å²) in [6.07, 6.45) is 5.53. The van der Waals surface area contributed by atoms with E-state index in [0.717, 1.165) is 30.6 Å². The highest BCUT2D eigenvalue weighted by Crippen LogP contribution is 2.38. The normalized spacial score (nSPS) is 17.8. The van der Waals surface area contributed by atoms with Gasteiger partial charge in [0.05, 0.1) is 36.4 Å². The molecule has 0 N–H and O–H groups in total. The minimum Gasteiger partial charge on any atom is -0.489 e. The van der Waals surface area contributed by atoms with E-state index in [4.69, 9.17) is 18.9 Å². The third-order valence-corrected chi connectivity index (χ3v) is 6.15. The van der Waals surface area contributed by atoms with Gasteiger partial charge in [0.15, 0.2) is 0 Å². The lowest BCUT2D eigenvalue weighted by Gasteiger charge is -2.31. The molecule has 2 aliphatic rings. The third kappa shape index (κ3) is 6.34. The SMILES string of the molecule is CCOC(=O)C1=CN(C[C@@H]2CCCO2)C=C(C(=O)OCC)C1c1ccc(OCc2ccccc2)cc1. The maximum Gasteiger partial charge on any atom is 0.336 e. The first-order valence-corrected chi connectivity index (χ1v) is 12.5. The quantitative estimate of drug-likeness (QED) is 0.445. The van der Waals surface area contributed by atoms with Crippen LogP contribution in [0.4, 0.5) is 0 Å². The highest BCUT2D eigenvalue weighted by atomic mass is 16.5. The molecule has 2 aromatic carbocycles. The summed E-state index contributed by atoms with van der Waals surface area (Å²) in [6.45, 7) is 5.72. The van der Waals surface area contributed by atoms with Crippen LogP contribution in [0.15, 0.2) is 78.1 Å². The molecule has 1 fully saturated rings. The summed E-state index contributed by atoms with van der Waals surface area (Å²) in [4.78, 5) is 28.0. The third-order valence-electron chi connectivity index (χ3n) is 6.15. The largest absolute Gasteiger partial charge is 0.489 e. The topological polar surface area (TPSA) is 74.3 Å². The first kappa shape index (κ1) is 25.5. The average molecular weight is 492 g/mol. The van der Waals surface area contributed by atoms with Gasteiger partial charge in [-0.25, -0.2) is 9.59 Å². The average Bonchev–Trinajstić information content (AvgIpc) is 3.41. The molecule has 0 aromatic heterocycles. The van der Waals surface area contributed by atoms with Gasteiger partial charge in [0.2, 0.25) is 0 Å². The molecule has 0 radical (unpaired) electrons. The Hall–Kier alpha value is -3.58. The standard InChI is InChI=1S/C29H33NO6/c1-3-33-28(31)25-18-30(17-24-11-8-16-35-24)19-26(29(32)34-4-2)27(25)22-12-14-23(15-13-22)36-20-21-9-6-5-7-10-21/h5-7,9-10,12-15,18-19,24,27H,3-4,8,11,16-17,20H2,1-2H3/t24-/m0/s1. The first-order valence-electron chi connectivity index (χ1n) is 12.5. The van der Waals surface area contributed by atoms with Gasteiger partial charge >= 0.3 is 11.9 Å². The van der Waals surface area contributed by atoms with E-state index in [2.05, 4.69) is 0 Å². The fraction of sp³-hybridized carbons (Fsp3) is 0.379. The van der Waals surface area contributed by atoms with Crippen molar-refractivity contribution in [2.45, 2.75) is 45.3 Å². The van der Waals surface area contributed by atoms with Crippen LogP contribution in [0.25, 0.3) is 0 Å². The van der Waals surface area contributed by atoms with Crippen LogP contribution in [0.2, 0.25) is 0 Å². The second-order valence-electron chi connectivity index (χ2n) is 8.72. The molecule has 7 heteroatoms. The maximum absolute atomic E-state index is 13.1. The lowest BCUT2D eigenvalue weighted by Crippen LogP contribution is -2.32. The molecule has 0 spiro atoms. The summed E-state index contributed by atoms with van der Waals surface area (Å²) in [6, 6.07) is 17.4. The zero-order valence-electron chi connectivity index (χ0n) is 20.9. The van der Waals surface area contributed by atoms with Gasteiger partial charge in [-0.2, -0.15) is 0 Å². The Labute approximate surface area is 212 Å². The predicted octanol–water partition coefficient (Wildman–Crippen LogP) is 4.74. The Kier molecular flexibility index (Phi) is 8.79. The zero-order valence-corrected chi connectivity index (χ0v) is 20.9. The van der Waals surface area contributed by atoms with Crippen molar-refractivity contribution in [1.29, 1.82) is 0 Å². The molecule has 190 valence electrons. The molecule has 2 aromatic rings. The summed E-state index contributed by atoms with van der Waals surface area (Å²) in [7, 11) is 0. The Morgan fingerprint density at radius 3 is 2.11 bits per heavy atom. The van der Waals surface area contributed by atoms with E-state index < -0.39 is 17.9 Å². The zero-order chi connectivity index (χ0) is 25.3. The number of hydrogen-bond acceptors (Lipinski definition) is 7. The number of ether oxygens (including phenoxy) is 4. The molecule has 7 nitrogen and oxygen atoms in total. The molecular weight excluding hydrogens is 458 g/mol. The highest BCUT2D eigenvalue weighted by Gasteiger charge is 2.36. The maximum atomic E-state index is 13.1. The lowest BCUT2D eigenvalue weighted by atomic mass is 9.83. The monoisotopic (exact) mass is 491 g/mol. The number of carbonyl (C=O) groups excluding carboxylic acids is 2. The minimum atomic E-state index is -0.619. The summed E-state index contributed by atoms with van der Waals surface area (Å²) in [5.41, 5.74) is 2.62. The molecule has 36 heavy (non-hydrogen) atoms. The van der Waals surface area contributed by atoms with Crippen molar-refractivity contribution in [1.82, 2.24) is 4.90 Å². The van der Waals surface area contributed by atoms with Gasteiger partial charge in [-0.3, -0.25) is 0 Å². The van der Waals surface area contributed by atoms with E-state index in [0.29, 0.717) is 30.0 Å². The van der Waals surface area contributed by atoms with Crippen LogP contribution in [0.1, 0.15) is 43.7 Å². The van der Waals surface area contributed by atoms with E-state index >= 15 is 0 Å². The van der Waals surface area contributed by atoms with Crippen molar-refractivity contribution in [2.24, 2.45) is 0 Å². The molecular formula is C29H33NO6. The first-order chi connectivity index (χ1) is 17.6. The number of nitrogens with zero attached hydrogens (tertiary/aromatic N) is 1. The van der Waals surface area contributed by atoms with Crippen LogP contribution in [0.3, 0.4) is 0 Å². The highest BCUT2D eigenvalue weighted by molar-refractivity contribution is 5.98. The van der Waals surface area contributed by atoms with Gasteiger partial charge in [-0.05, 0) is 49.9 Å². The molecule has 0 saturated carbocycles. The number of esters is 2. The van der Waals surface area contributed by atoms with E-state index in [1.54, 1.807) is 26.2 Å². The number of hydrogen-bond donors (Lipinski definition) is 0. The van der Waals surface area contributed by atoms with Crippen molar-refractivity contribution in [3.63, 3.8) is 0 Å². The summed E-state index contributed by atoms with van der Waals surface area (Å²) in [5, 5.41) is 0. The summed E-state index contributed by atoms with van der Waals surface area (Å²) in [5.74, 6) is -0.841. The van der Waals surface area contributed by atoms with Gasteiger partial charge < -0.3 is 23.8 Å². The second-order valence-corrected chi connectivity index (χ2v) is 8.72. The van der Waals surface area contributed by atoms with Crippen LogP contribution in [-0.2, 0) is 30.4 Å². The number of benzene rings is 2. The van der Waals surface area contributed by atoms with Gasteiger partial charge in [0.25, 0.3) is 0 Å². The molecule has 0 aliphatic carbocycles. The van der Waals surface area contributed by atoms with E-state index in [-0.39, 0.29) is 19.3 Å². The van der Waals surface area contributed by atoms with Crippen LogP contribution in [0, 0.1) is 0 Å². The second kappa shape index (κ2) is 12.4. The molecule has 4 rings (SSSR count). The minimum absolute atomic E-state index is 0.0435. The van der Waals surface area contributed by atoms with Gasteiger partial charge in [0.1, 0.15) is 12.4 Å². The van der Waals surface area contributed by atoms with Gasteiger partial charge in [0, 0.05) is 25.6 Å². The molecule has 0 unspecified atom stereocenters. The molecule has 0 bridgehead atoms. The van der Waals surface area contributed by atoms with E-state index in [9.17, 15) is 9.59 Å². The van der Waals surface area contributed by atoms with Crippen molar-refractivity contribution >= 4 is 11.9 Å². The number of rotatable bonds is 10. The smallest absolute Gasteiger partial charge is 0.336 e. The van der Waals surface area contributed by atoms with Crippen molar-refractivity contribution in [3.05, 3.63) is 89.3 Å². The fourth-order valence-corrected chi connectivity index (χ4v) is 4.47. The van der Waals surface area contributed by atoms with Crippen molar-refractivity contribution in [2.75, 3.05) is 26.4 Å². The Bertz CT molecular complexity index is 1050. The fourth-order valence-electron chi connectivity index (χ4n) is 4.47. The van der Waals surface area contributed by atoms with Crippen molar-refractivity contribution in [3.8, 4) is 5.75 Å². The van der Waals surface area contributed by atoms with Crippen LogP contribution >= 0.6 is 0 Å². The molecule has 0 amide bonds. The summed E-state index contributed by atoms with van der Waals surface area (Å²) >= 11 is 0. The van der Waals surface area contributed by atoms with Crippen LogP contribution in [-0.4, -0.2) is 49.3 Å². The lowest BCUT2D eigenvalue weighted by molar-refractivity contribution is -0.139. The van der Waals surface area contributed by atoms with Crippen LogP contribution < -0.4 is 4.74 Å². The van der Waals surface area contributed by atoms with E-state index in [1.165, 1.54) is 0 Å². The molecule has 1 atom stereocenters. The van der Waals surface area contributed by atoms with Gasteiger partial charge in [-0.1, -0.05) is 42.5 Å². The Balaban J connectivity index is 1.61. The van der Waals surface area contributed by atoms with Gasteiger partial charge in [-0.15, -0.1) is 0 Å². The number of carbonyl (C=O) groups is 2. The van der Waals surface area contributed by atoms with E-state index in [1.807, 2.05) is 59.5 Å². The molecule has 2 aliphatic heterocycles. The Morgan fingerprint density at radius 1 is 0.917 bits per heavy atom. The molecule has 2 heterocycles.